The van der Waals surface area contributed by atoms with Crippen molar-refractivity contribution in [2.75, 3.05) is 29.9 Å². The molecule has 1 aliphatic heterocycles. The minimum Gasteiger partial charge on any atom is -0.350 e. The van der Waals surface area contributed by atoms with E-state index in [0.717, 1.165) is 0 Å². The average Bonchev–Trinajstić information content (AvgIpc) is 2.43. The number of hydrogen-bond acceptors (Lipinski definition) is 4. The lowest BCUT2D eigenvalue weighted by molar-refractivity contribution is -0.121. The first kappa shape index (κ1) is 12.8. The Bertz CT molecular complexity index is 491. The highest BCUT2D eigenvalue weighted by Crippen LogP contribution is 2.31. The number of amides is 1. The first-order chi connectivity index (χ1) is 8.54. The van der Waals surface area contributed by atoms with Gasteiger partial charge in [0.1, 0.15) is 5.69 Å². The van der Waals surface area contributed by atoms with Gasteiger partial charge in [0.05, 0.1) is 12.1 Å². The van der Waals surface area contributed by atoms with Crippen LogP contribution in [-0.4, -0.2) is 36.0 Å². The molecule has 0 saturated heterocycles. The van der Waals surface area contributed by atoms with Crippen LogP contribution in [0.1, 0.15) is 6.92 Å². The van der Waals surface area contributed by atoms with Crippen molar-refractivity contribution in [1.29, 1.82) is 0 Å². The van der Waals surface area contributed by atoms with E-state index in [9.17, 15) is 4.79 Å². The minimum absolute atomic E-state index is 0.0498. The fourth-order valence-electron chi connectivity index (χ4n) is 2.08. The van der Waals surface area contributed by atoms with Crippen LogP contribution in [0.5, 0.6) is 0 Å². The molecule has 6 heteroatoms. The van der Waals surface area contributed by atoms with Crippen LogP contribution in [0, 0.1) is 5.92 Å². The predicted octanol–water partition coefficient (Wildman–Crippen LogP) is 1.73. The molecule has 0 bridgehead atoms. The molecule has 0 aromatic carbocycles. The molecule has 1 aromatic heterocycles. The number of anilines is 2. The van der Waals surface area contributed by atoms with Crippen LogP contribution in [-0.2, 0) is 4.79 Å². The van der Waals surface area contributed by atoms with Crippen LogP contribution in [0.3, 0.4) is 0 Å². The number of carbonyl (C=O) groups excluding carboxylic acids is 1. The van der Waals surface area contributed by atoms with Gasteiger partial charge in [-0.15, -0.1) is 6.58 Å². The van der Waals surface area contributed by atoms with Crippen molar-refractivity contribution < 1.29 is 4.79 Å². The first-order valence-electron chi connectivity index (χ1n) is 5.70. The topological polar surface area (TPSA) is 49.3 Å². The van der Waals surface area contributed by atoms with Gasteiger partial charge in [0, 0.05) is 20.1 Å². The molecule has 0 saturated carbocycles. The second-order valence-electron chi connectivity index (χ2n) is 4.34. The van der Waals surface area contributed by atoms with Crippen molar-refractivity contribution in [2.24, 2.45) is 5.92 Å². The zero-order valence-corrected chi connectivity index (χ0v) is 11.2. The van der Waals surface area contributed by atoms with Crippen LogP contribution in [0.4, 0.5) is 11.5 Å². The van der Waals surface area contributed by atoms with Gasteiger partial charge in [-0.3, -0.25) is 4.79 Å². The molecule has 0 fully saturated rings. The van der Waals surface area contributed by atoms with E-state index in [2.05, 4.69) is 16.5 Å². The molecule has 1 unspecified atom stereocenters. The van der Waals surface area contributed by atoms with Gasteiger partial charge in [0.25, 0.3) is 0 Å². The summed E-state index contributed by atoms with van der Waals surface area (Å²) in [5, 5.41) is 0.179. The van der Waals surface area contributed by atoms with Gasteiger partial charge >= 0.3 is 0 Å². The molecule has 0 radical (unpaired) electrons. The van der Waals surface area contributed by atoms with Gasteiger partial charge < -0.3 is 9.80 Å². The third-order valence-corrected chi connectivity index (χ3v) is 3.16. The molecule has 5 nitrogen and oxygen atoms in total. The number of hydrogen-bond donors (Lipinski definition) is 0. The Balaban J connectivity index is 2.54. The summed E-state index contributed by atoms with van der Waals surface area (Å²) >= 11 is 5.84. The third kappa shape index (κ3) is 2.18. The summed E-state index contributed by atoms with van der Waals surface area (Å²) in [6.45, 7) is 6.84. The van der Waals surface area contributed by atoms with Crippen molar-refractivity contribution in [3.8, 4) is 0 Å². The van der Waals surface area contributed by atoms with Crippen LogP contribution in [0.2, 0.25) is 5.28 Å². The Kier molecular flexibility index (Phi) is 3.52. The average molecular weight is 267 g/mol. The number of carbonyl (C=O) groups is 1. The molecule has 1 atom stereocenters. The van der Waals surface area contributed by atoms with E-state index in [1.807, 2.05) is 11.8 Å². The van der Waals surface area contributed by atoms with E-state index in [1.165, 1.54) is 0 Å². The maximum absolute atomic E-state index is 12.1. The Morgan fingerprint density at radius 3 is 3.06 bits per heavy atom. The standard InChI is InChI=1S/C12H15ClN4O/c1-4-5-17-7-8(2)11(18)16(3)9-6-14-12(13)15-10(9)17/h4,6,8H,1,5,7H2,2-3H3. The predicted molar refractivity (Wildman–Crippen MR) is 72.0 cm³/mol. The first-order valence-corrected chi connectivity index (χ1v) is 6.08. The summed E-state index contributed by atoms with van der Waals surface area (Å²) in [7, 11) is 1.73. The van der Waals surface area contributed by atoms with Crippen LogP contribution < -0.4 is 9.80 Å². The smallest absolute Gasteiger partial charge is 0.231 e. The summed E-state index contributed by atoms with van der Waals surface area (Å²) in [5.74, 6) is 0.617. The maximum atomic E-state index is 12.1. The van der Waals surface area contributed by atoms with Crippen molar-refractivity contribution in [2.45, 2.75) is 6.92 Å². The summed E-state index contributed by atoms with van der Waals surface area (Å²) < 4.78 is 0. The molecular formula is C12H15ClN4O. The van der Waals surface area contributed by atoms with E-state index < -0.39 is 0 Å². The maximum Gasteiger partial charge on any atom is 0.231 e. The molecular weight excluding hydrogens is 252 g/mol. The number of halogens is 1. The molecule has 18 heavy (non-hydrogen) atoms. The molecule has 2 rings (SSSR count). The SMILES string of the molecule is C=CCN1CC(C)C(=O)N(C)c2cnc(Cl)nc21. The molecule has 0 N–H and O–H groups in total. The van der Waals surface area contributed by atoms with Crippen molar-refractivity contribution in [1.82, 2.24) is 9.97 Å². The van der Waals surface area contributed by atoms with Crippen molar-refractivity contribution >= 4 is 29.0 Å². The third-order valence-electron chi connectivity index (χ3n) is 2.98. The summed E-state index contributed by atoms with van der Waals surface area (Å²) in [4.78, 5) is 23.9. The lowest BCUT2D eigenvalue weighted by Crippen LogP contribution is -2.34. The van der Waals surface area contributed by atoms with Crippen LogP contribution in [0.25, 0.3) is 0 Å². The summed E-state index contributed by atoms with van der Waals surface area (Å²) in [6, 6.07) is 0. The number of rotatable bonds is 2. The molecule has 0 aliphatic carbocycles. The van der Waals surface area contributed by atoms with E-state index in [-0.39, 0.29) is 17.1 Å². The van der Waals surface area contributed by atoms with Gasteiger partial charge in [-0.05, 0) is 11.6 Å². The van der Waals surface area contributed by atoms with E-state index in [0.29, 0.717) is 24.6 Å². The molecule has 1 aliphatic rings. The summed E-state index contributed by atoms with van der Waals surface area (Å²) in [6.07, 6.45) is 3.36. The van der Waals surface area contributed by atoms with Gasteiger partial charge in [-0.2, -0.15) is 4.98 Å². The van der Waals surface area contributed by atoms with Gasteiger partial charge in [0.2, 0.25) is 11.2 Å². The van der Waals surface area contributed by atoms with Gasteiger partial charge in [-0.25, -0.2) is 4.98 Å². The van der Waals surface area contributed by atoms with Crippen LogP contribution in [0.15, 0.2) is 18.9 Å². The molecule has 2 heterocycles. The highest BCUT2D eigenvalue weighted by Gasteiger charge is 2.30. The van der Waals surface area contributed by atoms with Crippen LogP contribution >= 0.6 is 11.6 Å². The molecule has 96 valence electrons. The van der Waals surface area contributed by atoms with Gasteiger partial charge in [-0.1, -0.05) is 13.0 Å². The fraction of sp³-hybridized carbons (Fsp3) is 0.417. The van der Waals surface area contributed by atoms with Crippen molar-refractivity contribution in [3.63, 3.8) is 0 Å². The minimum atomic E-state index is -0.108. The molecule has 1 aromatic rings. The Morgan fingerprint density at radius 2 is 2.39 bits per heavy atom. The number of aromatic nitrogens is 2. The second kappa shape index (κ2) is 4.94. The number of nitrogens with zero attached hydrogens (tertiary/aromatic N) is 4. The monoisotopic (exact) mass is 266 g/mol. The zero-order chi connectivity index (χ0) is 13.3. The highest BCUT2D eigenvalue weighted by atomic mass is 35.5. The second-order valence-corrected chi connectivity index (χ2v) is 4.68. The molecule has 0 spiro atoms. The van der Waals surface area contributed by atoms with Gasteiger partial charge in [0.15, 0.2) is 5.82 Å². The quantitative estimate of drug-likeness (QED) is 0.604. The fourth-order valence-corrected chi connectivity index (χ4v) is 2.21. The van der Waals surface area contributed by atoms with E-state index in [1.54, 1.807) is 24.2 Å². The zero-order valence-electron chi connectivity index (χ0n) is 10.4. The Labute approximate surface area is 111 Å². The van der Waals surface area contributed by atoms with E-state index in [4.69, 9.17) is 11.6 Å². The summed E-state index contributed by atoms with van der Waals surface area (Å²) in [5.41, 5.74) is 0.676. The lowest BCUT2D eigenvalue weighted by Gasteiger charge is -2.22. The number of fused-ring (bicyclic) bond motifs is 1. The van der Waals surface area contributed by atoms with Crippen molar-refractivity contribution in [3.05, 3.63) is 24.1 Å². The highest BCUT2D eigenvalue weighted by molar-refractivity contribution is 6.28. The Morgan fingerprint density at radius 1 is 1.67 bits per heavy atom. The normalized spacial score (nSPS) is 19.5. The largest absolute Gasteiger partial charge is 0.350 e. The Hall–Kier alpha value is -1.62. The lowest BCUT2D eigenvalue weighted by atomic mass is 10.1. The van der Waals surface area contributed by atoms with E-state index >= 15 is 0 Å². The molecule has 1 amide bonds.